The summed E-state index contributed by atoms with van der Waals surface area (Å²) in [7, 11) is 0. The van der Waals surface area contributed by atoms with E-state index in [0.717, 1.165) is 10.9 Å². The number of amides is 6. The molecule has 296 valence electrons. The average Bonchev–Trinajstić information content (AvgIpc) is 3.50. The standard InChI is InChI=1S/C33H46N8O12S/c1-15(2)27(35)32(51)40-20(10-16-14-36-18-7-5-4-6-17(16)18)29(48)38-21(11-24(34)42)30(49)39-22(12-25(43)44)31(50)37-19(8-9-54-3)28(47)41-23(33(52)53)13-26(45)46/h4-7,14-15,19-23,27,36H,8-13,35H2,1-3H3,(H2,34,42)(H,37,50)(H,38,48)(H,39,49)(H,40,51)(H,41,47)(H,43,44)(H,45,46)(H,52,53)/t19-,20-,21-,22-,23-,27-/m0/s1. The first-order valence-electron chi connectivity index (χ1n) is 16.6. The van der Waals surface area contributed by atoms with Crippen LogP contribution in [-0.2, 0) is 49.6 Å². The largest absolute Gasteiger partial charge is 0.481 e. The zero-order valence-corrected chi connectivity index (χ0v) is 30.6. The molecule has 0 fully saturated rings. The molecule has 1 aromatic carbocycles. The first-order valence-corrected chi connectivity index (χ1v) is 18.0. The Morgan fingerprint density at radius 3 is 1.72 bits per heavy atom. The van der Waals surface area contributed by atoms with E-state index in [9.17, 15) is 53.4 Å². The number of hydrogen-bond donors (Lipinski definition) is 11. The van der Waals surface area contributed by atoms with Crippen LogP contribution in [0.15, 0.2) is 30.5 Å². The van der Waals surface area contributed by atoms with Crippen LogP contribution < -0.4 is 38.1 Å². The third-order valence-electron chi connectivity index (χ3n) is 8.04. The molecule has 0 spiro atoms. The Kier molecular flexibility index (Phi) is 17.4. The van der Waals surface area contributed by atoms with E-state index in [0.29, 0.717) is 5.56 Å². The van der Waals surface area contributed by atoms with E-state index in [1.807, 2.05) is 5.32 Å². The van der Waals surface area contributed by atoms with E-state index >= 15 is 0 Å². The number of fused-ring (bicyclic) bond motifs is 1. The first-order chi connectivity index (χ1) is 25.3. The molecule has 1 heterocycles. The van der Waals surface area contributed by atoms with Crippen LogP contribution in [0.3, 0.4) is 0 Å². The summed E-state index contributed by atoms with van der Waals surface area (Å²) >= 11 is 1.24. The lowest BCUT2D eigenvalue weighted by Crippen LogP contribution is -2.60. The van der Waals surface area contributed by atoms with Gasteiger partial charge < -0.3 is 58.4 Å². The number of para-hydroxylation sites is 1. The van der Waals surface area contributed by atoms with Crippen molar-refractivity contribution in [1.29, 1.82) is 0 Å². The Morgan fingerprint density at radius 2 is 1.19 bits per heavy atom. The fraction of sp³-hybridized carbons (Fsp3) is 0.485. The van der Waals surface area contributed by atoms with Crippen molar-refractivity contribution in [3.05, 3.63) is 36.0 Å². The molecule has 0 saturated heterocycles. The number of carbonyl (C=O) groups is 9. The minimum Gasteiger partial charge on any atom is -0.481 e. The Bertz CT molecular complexity index is 1720. The van der Waals surface area contributed by atoms with Crippen LogP contribution in [0.1, 0.15) is 45.1 Å². The average molecular weight is 779 g/mol. The number of hydrogen-bond acceptors (Lipinski definition) is 11. The van der Waals surface area contributed by atoms with Crippen LogP contribution in [0.25, 0.3) is 10.9 Å². The van der Waals surface area contributed by atoms with Crippen LogP contribution >= 0.6 is 11.8 Å². The summed E-state index contributed by atoms with van der Waals surface area (Å²) in [6.45, 7) is 3.39. The molecule has 0 bridgehead atoms. The lowest BCUT2D eigenvalue weighted by atomic mass is 10.0. The maximum absolute atomic E-state index is 13.7. The van der Waals surface area contributed by atoms with Gasteiger partial charge in [-0.1, -0.05) is 32.0 Å². The molecule has 0 radical (unpaired) electrons. The minimum atomic E-state index is -1.91. The molecule has 6 amide bonds. The van der Waals surface area contributed by atoms with Gasteiger partial charge in [-0.25, -0.2) is 4.79 Å². The second-order valence-corrected chi connectivity index (χ2v) is 13.6. The number of primary amides is 1. The summed E-state index contributed by atoms with van der Waals surface area (Å²) in [5, 5.41) is 40.0. The zero-order valence-electron chi connectivity index (χ0n) is 29.7. The molecule has 0 saturated carbocycles. The molecule has 1 aromatic heterocycles. The molecule has 13 N–H and O–H groups in total. The Morgan fingerprint density at radius 1 is 0.704 bits per heavy atom. The SMILES string of the molecule is CSCC[C@H](NC(=O)[C@H](CC(=O)O)NC(=O)[C@H](CC(N)=O)NC(=O)[C@H](Cc1c[nH]c2ccccc12)NC(=O)[C@@H](N)C(C)C)C(=O)N[C@@H](CC(=O)O)C(=O)O. The zero-order chi connectivity index (χ0) is 40.7. The van der Waals surface area contributed by atoms with Crippen LogP contribution in [0.5, 0.6) is 0 Å². The molecule has 2 rings (SSSR count). The second-order valence-electron chi connectivity index (χ2n) is 12.6. The van der Waals surface area contributed by atoms with E-state index in [4.69, 9.17) is 16.6 Å². The fourth-order valence-corrected chi connectivity index (χ4v) is 5.53. The number of aliphatic carboxylic acids is 3. The molecule has 0 aliphatic carbocycles. The van der Waals surface area contributed by atoms with Gasteiger partial charge in [-0.05, 0) is 36.0 Å². The van der Waals surface area contributed by atoms with E-state index in [1.165, 1.54) is 11.8 Å². The van der Waals surface area contributed by atoms with E-state index in [-0.39, 0.29) is 24.5 Å². The summed E-state index contributed by atoms with van der Waals surface area (Å²) in [5.41, 5.74) is 12.7. The number of carbonyl (C=O) groups excluding carboxylic acids is 6. The van der Waals surface area contributed by atoms with Gasteiger partial charge in [0, 0.05) is 23.5 Å². The highest BCUT2D eigenvalue weighted by Gasteiger charge is 2.35. The number of carboxylic acids is 3. The topological polar surface area (TPSA) is 342 Å². The van der Waals surface area contributed by atoms with Gasteiger partial charge >= 0.3 is 17.9 Å². The quantitative estimate of drug-likeness (QED) is 0.0570. The van der Waals surface area contributed by atoms with Crippen molar-refractivity contribution >= 4 is 76.0 Å². The third kappa shape index (κ3) is 14.0. The molecule has 2 aromatic rings. The number of aromatic amines is 1. The Labute approximate surface area is 313 Å². The number of carboxylic acid groups (broad SMARTS) is 3. The maximum Gasteiger partial charge on any atom is 0.326 e. The molecule has 6 atom stereocenters. The van der Waals surface area contributed by atoms with Gasteiger partial charge in [0.2, 0.25) is 35.4 Å². The lowest BCUT2D eigenvalue weighted by molar-refractivity contribution is -0.147. The monoisotopic (exact) mass is 778 g/mol. The van der Waals surface area contributed by atoms with Gasteiger partial charge in [-0.3, -0.25) is 38.4 Å². The molecule has 0 aliphatic rings. The van der Waals surface area contributed by atoms with Crippen LogP contribution in [0.4, 0.5) is 0 Å². The molecule has 20 nitrogen and oxygen atoms in total. The summed E-state index contributed by atoms with van der Waals surface area (Å²) in [4.78, 5) is 116. The number of rotatable bonds is 23. The number of aromatic nitrogens is 1. The van der Waals surface area contributed by atoms with Gasteiger partial charge in [0.05, 0.1) is 25.3 Å². The number of thioether (sulfide) groups is 1. The van der Waals surface area contributed by atoms with Gasteiger partial charge in [-0.2, -0.15) is 11.8 Å². The summed E-state index contributed by atoms with van der Waals surface area (Å²) in [6.07, 6.45) is 0.226. The summed E-state index contributed by atoms with van der Waals surface area (Å²) in [6, 6.07) is -2.29. The van der Waals surface area contributed by atoms with Crippen LogP contribution in [-0.4, -0.2) is 122 Å². The van der Waals surface area contributed by atoms with Gasteiger partial charge in [0.1, 0.15) is 30.2 Å². The molecular weight excluding hydrogens is 732 g/mol. The van der Waals surface area contributed by atoms with Gasteiger partial charge in [0.25, 0.3) is 0 Å². The van der Waals surface area contributed by atoms with Crippen molar-refractivity contribution in [3.63, 3.8) is 0 Å². The molecule has 54 heavy (non-hydrogen) atoms. The van der Waals surface area contributed by atoms with Crippen molar-refractivity contribution < 1.29 is 58.5 Å². The predicted molar refractivity (Wildman–Crippen MR) is 193 cm³/mol. The van der Waals surface area contributed by atoms with Crippen molar-refractivity contribution in [3.8, 4) is 0 Å². The fourth-order valence-electron chi connectivity index (χ4n) is 5.06. The van der Waals surface area contributed by atoms with Gasteiger partial charge in [0.15, 0.2) is 0 Å². The highest BCUT2D eigenvalue weighted by molar-refractivity contribution is 7.98. The highest BCUT2D eigenvalue weighted by Crippen LogP contribution is 2.19. The Hall–Kier alpha value is -5.70. The smallest absolute Gasteiger partial charge is 0.326 e. The third-order valence-corrected chi connectivity index (χ3v) is 8.68. The van der Waals surface area contributed by atoms with E-state index in [1.54, 1.807) is 50.6 Å². The second kappa shape index (κ2) is 21.1. The maximum atomic E-state index is 13.7. The predicted octanol–water partition coefficient (Wildman–Crippen LogP) is -2.22. The lowest BCUT2D eigenvalue weighted by Gasteiger charge is -2.26. The number of nitrogens with one attached hydrogen (secondary N) is 6. The van der Waals surface area contributed by atoms with Crippen LogP contribution in [0, 0.1) is 5.92 Å². The first kappa shape index (κ1) is 44.5. The summed E-state index contributed by atoms with van der Waals surface area (Å²) in [5.74, 6) is -11.1. The number of nitrogens with two attached hydrogens (primary N) is 2. The molecule has 21 heteroatoms. The molecular formula is C33H46N8O12S. The van der Waals surface area contributed by atoms with Gasteiger partial charge in [-0.15, -0.1) is 0 Å². The Balaban J connectivity index is 2.36. The number of benzene rings is 1. The van der Waals surface area contributed by atoms with Crippen molar-refractivity contribution in [2.75, 3.05) is 12.0 Å². The normalized spacial score (nSPS) is 14.4. The molecule has 0 aliphatic heterocycles. The van der Waals surface area contributed by atoms with Crippen molar-refractivity contribution in [2.24, 2.45) is 17.4 Å². The van der Waals surface area contributed by atoms with Crippen LogP contribution in [0.2, 0.25) is 0 Å². The van der Waals surface area contributed by atoms with E-state index in [2.05, 4.69) is 26.3 Å². The van der Waals surface area contributed by atoms with Crippen molar-refractivity contribution in [1.82, 2.24) is 31.6 Å². The highest BCUT2D eigenvalue weighted by atomic mass is 32.2. The number of H-pyrrole nitrogens is 1. The summed E-state index contributed by atoms with van der Waals surface area (Å²) < 4.78 is 0. The van der Waals surface area contributed by atoms with E-state index < -0.39 is 109 Å². The van der Waals surface area contributed by atoms with Crippen molar-refractivity contribution in [2.45, 2.75) is 82.2 Å². The molecule has 0 unspecified atom stereocenters. The minimum absolute atomic E-state index is 0.101.